The van der Waals surface area contributed by atoms with E-state index < -0.39 is 8.07 Å². The van der Waals surface area contributed by atoms with Gasteiger partial charge in [-0.05, 0) is 32.0 Å². The van der Waals surface area contributed by atoms with Crippen molar-refractivity contribution in [3.8, 4) is 0 Å². The number of carbonyl (C=O) groups is 1. The number of alkyl carbamates (subject to hydrolysis) is 1. The van der Waals surface area contributed by atoms with E-state index in [0.717, 1.165) is 19.1 Å². The standard InChI is InChI=1S/C11H24N2O2Si/c1-16(2,3)9-8-15-11(14)12-10-13-6-4-5-7-13/h4-10H2,1-3H3,(H,12,14). The molecule has 1 saturated heterocycles. The van der Waals surface area contributed by atoms with Crippen molar-refractivity contribution < 1.29 is 9.53 Å². The minimum absolute atomic E-state index is 0.273. The van der Waals surface area contributed by atoms with Crippen LogP contribution in [0, 0.1) is 0 Å². The average molecular weight is 244 g/mol. The van der Waals surface area contributed by atoms with Crippen LogP contribution < -0.4 is 5.32 Å². The van der Waals surface area contributed by atoms with Gasteiger partial charge in [0.1, 0.15) is 0 Å². The molecule has 0 spiro atoms. The molecular formula is C11H24N2O2Si. The Morgan fingerprint density at radius 3 is 2.50 bits per heavy atom. The molecule has 0 radical (unpaired) electrons. The molecule has 0 aromatic heterocycles. The Balaban J connectivity index is 2.02. The first-order valence-corrected chi connectivity index (χ1v) is 9.81. The van der Waals surface area contributed by atoms with Gasteiger partial charge >= 0.3 is 6.09 Å². The van der Waals surface area contributed by atoms with E-state index in [0.29, 0.717) is 13.3 Å². The molecule has 0 bridgehead atoms. The van der Waals surface area contributed by atoms with Crippen molar-refractivity contribution in [2.75, 3.05) is 26.4 Å². The van der Waals surface area contributed by atoms with Crippen LogP contribution in [0.5, 0.6) is 0 Å². The van der Waals surface area contributed by atoms with Gasteiger partial charge in [0.25, 0.3) is 0 Å². The Morgan fingerprint density at radius 1 is 1.31 bits per heavy atom. The lowest BCUT2D eigenvalue weighted by molar-refractivity contribution is 0.144. The molecule has 1 aliphatic heterocycles. The second-order valence-corrected chi connectivity index (χ2v) is 11.2. The van der Waals surface area contributed by atoms with Gasteiger partial charge in [0.05, 0.1) is 13.3 Å². The summed E-state index contributed by atoms with van der Waals surface area (Å²) < 4.78 is 5.14. The van der Waals surface area contributed by atoms with Crippen LogP contribution in [0.4, 0.5) is 4.79 Å². The van der Waals surface area contributed by atoms with E-state index in [4.69, 9.17) is 4.74 Å². The summed E-state index contributed by atoms with van der Waals surface area (Å²) in [6, 6.07) is 1.03. The van der Waals surface area contributed by atoms with Crippen LogP contribution in [0.15, 0.2) is 0 Å². The second-order valence-electron chi connectivity index (χ2n) is 5.61. The van der Waals surface area contributed by atoms with E-state index in [-0.39, 0.29) is 6.09 Å². The van der Waals surface area contributed by atoms with E-state index in [2.05, 4.69) is 29.9 Å². The smallest absolute Gasteiger partial charge is 0.408 e. The van der Waals surface area contributed by atoms with Crippen LogP contribution in [-0.2, 0) is 4.74 Å². The van der Waals surface area contributed by atoms with Gasteiger partial charge in [-0.15, -0.1) is 0 Å². The topological polar surface area (TPSA) is 41.6 Å². The summed E-state index contributed by atoms with van der Waals surface area (Å²) >= 11 is 0. The van der Waals surface area contributed by atoms with Gasteiger partial charge in [-0.3, -0.25) is 4.90 Å². The maximum absolute atomic E-state index is 11.3. The minimum Gasteiger partial charge on any atom is -0.450 e. The summed E-state index contributed by atoms with van der Waals surface area (Å²) in [6.07, 6.45) is 2.21. The van der Waals surface area contributed by atoms with Gasteiger partial charge in [0, 0.05) is 8.07 Å². The Kier molecular flexibility index (Phi) is 5.28. The minimum atomic E-state index is -1.09. The third-order valence-corrected chi connectivity index (χ3v) is 4.44. The molecule has 0 atom stereocenters. The number of likely N-dealkylation sites (tertiary alicyclic amines) is 1. The highest BCUT2D eigenvalue weighted by molar-refractivity contribution is 6.76. The largest absolute Gasteiger partial charge is 0.450 e. The monoisotopic (exact) mass is 244 g/mol. The lowest BCUT2D eigenvalue weighted by Gasteiger charge is -2.17. The highest BCUT2D eigenvalue weighted by Crippen LogP contribution is 2.08. The summed E-state index contributed by atoms with van der Waals surface area (Å²) in [5, 5.41) is 2.79. The van der Waals surface area contributed by atoms with Gasteiger partial charge in [-0.25, -0.2) is 4.79 Å². The highest BCUT2D eigenvalue weighted by Gasteiger charge is 2.15. The predicted molar refractivity (Wildman–Crippen MR) is 68.3 cm³/mol. The SMILES string of the molecule is C[Si](C)(C)CCOC(=O)NCN1CCCC1. The van der Waals surface area contributed by atoms with E-state index >= 15 is 0 Å². The zero-order valence-corrected chi connectivity index (χ0v) is 11.7. The number of rotatable bonds is 5. The number of ether oxygens (including phenoxy) is 1. The van der Waals surface area contributed by atoms with Crippen molar-refractivity contribution in [3.05, 3.63) is 0 Å². The normalized spacial score (nSPS) is 17.4. The van der Waals surface area contributed by atoms with Gasteiger partial charge in [-0.2, -0.15) is 0 Å². The molecule has 4 nitrogen and oxygen atoms in total. The predicted octanol–water partition coefficient (Wildman–Crippen LogP) is 2.10. The van der Waals surface area contributed by atoms with E-state index in [1.165, 1.54) is 12.8 Å². The fourth-order valence-corrected chi connectivity index (χ4v) is 2.33. The first-order valence-electron chi connectivity index (χ1n) is 6.10. The van der Waals surface area contributed by atoms with Crippen LogP contribution in [0.1, 0.15) is 12.8 Å². The highest BCUT2D eigenvalue weighted by atomic mass is 28.3. The maximum Gasteiger partial charge on any atom is 0.408 e. The molecule has 0 aliphatic carbocycles. The average Bonchev–Trinajstić information content (AvgIpc) is 2.65. The lowest BCUT2D eigenvalue weighted by atomic mass is 10.4. The fourth-order valence-electron chi connectivity index (χ4n) is 1.62. The number of nitrogens with one attached hydrogen (secondary N) is 1. The molecule has 1 fully saturated rings. The lowest BCUT2D eigenvalue weighted by Crippen LogP contribution is -2.36. The molecular weight excluding hydrogens is 220 g/mol. The van der Waals surface area contributed by atoms with Crippen LogP contribution in [0.25, 0.3) is 0 Å². The first kappa shape index (κ1) is 13.5. The summed E-state index contributed by atoms with van der Waals surface area (Å²) in [7, 11) is -1.09. The van der Waals surface area contributed by atoms with Gasteiger partial charge < -0.3 is 10.1 Å². The molecule has 16 heavy (non-hydrogen) atoms. The number of hydrogen-bond acceptors (Lipinski definition) is 3. The fraction of sp³-hybridized carbons (Fsp3) is 0.909. The molecule has 0 unspecified atom stereocenters. The number of amides is 1. The molecule has 1 N–H and O–H groups in total. The third-order valence-electron chi connectivity index (χ3n) is 2.73. The quantitative estimate of drug-likeness (QED) is 0.753. The number of hydrogen-bond donors (Lipinski definition) is 1. The van der Waals surface area contributed by atoms with Gasteiger partial charge in [-0.1, -0.05) is 19.6 Å². The van der Waals surface area contributed by atoms with Crippen molar-refractivity contribution in [3.63, 3.8) is 0 Å². The van der Waals surface area contributed by atoms with Gasteiger partial charge in [0.15, 0.2) is 0 Å². The van der Waals surface area contributed by atoms with E-state index in [1.807, 2.05) is 0 Å². The Hall–Kier alpha value is -0.553. The number of nitrogens with zero attached hydrogens (tertiary/aromatic N) is 1. The number of carbonyl (C=O) groups excluding carboxylic acids is 1. The van der Waals surface area contributed by atoms with Gasteiger partial charge in [0.2, 0.25) is 0 Å². The van der Waals surface area contributed by atoms with Crippen LogP contribution in [0.2, 0.25) is 25.7 Å². The molecule has 1 heterocycles. The summed E-state index contributed by atoms with van der Waals surface area (Å²) in [6.45, 7) is 10.2. The molecule has 94 valence electrons. The van der Waals surface area contributed by atoms with Crippen molar-refractivity contribution in [1.82, 2.24) is 10.2 Å². The zero-order chi connectivity index (χ0) is 12.0. The molecule has 0 aromatic carbocycles. The summed E-state index contributed by atoms with van der Waals surface area (Å²) in [4.78, 5) is 13.6. The van der Waals surface area contributed by atoms with Crippen LogP contribution in [0.3, 0.4) is 0 Å². The van der Waals surface area contributed by atoms with Crippen molar-refractivity contribution in [1.29, 1.82) is 0 Å². The molecule has 0 saturated carbocycles. The van der Waals surface area contributed by atoms with E-state index in [9.17, 15) is 4.79 Å². The van der Waals surface area contributed by atoms with Crippen molar-refractivity contribution in [2.24, 2.45) is 0 Å². The molecule has 5 heteroatoms. The summed E-state index contributed by atoms with van der Waals surface area (Å²) in [5.74, 6) is 0. The van der Waals surface area contributed by atoms with Crippen LogP contribution >= 0.6 is 0 Å². The van der Waals surface area contributed by atoms with Crippen molar-refractivity contribution >= 4 is 14.2 Å². The Morgan fingerprint density at radius 2 is 1.94 bits per heavy atom. The molecule has 1 amide bonds. The molecule has 1 aliphatic rings. The Bertz CT molecular complexity index is 223. The van der Waals surface area contributed by atoms with E-state index in [1.54, 1.807) is 0 Å². The first-order chi connectivity index (χ1) is 7.47. The van der Waals surface area contributed by atoms with Crippen molar-refractivity contribution in [2.45, 2.75) is 38.5 Å². The third kappa shape index (κ3) is 6.12. The second kappa shape index (κ2) is 6.25. The summed E-state index contributed by atoms with van der Waals surface area (Å²) in [5.41, 5.74) is 0. The van der Waals surface area contributed by atoms with Crippen LogP contribution in [-0.4, -0.2) is 45.4 Å². The molecule has 0 aromatic rings. The zero-order valence-electron chi connectivity index (χ0n) is 10.7. The Labute approximate surface area is 99.3 Å². The molecule has 1 rings (SSSR count). The maximum atomic E-state index is 11.3.